The minimum atomic E-state index is 0. The Balaban J connectivity index is 0.00000144. The van der Waals surface area contributed by atoms with Crippen molar-refractivity contribution in [2.45, 2.75) is 38.3 Å². The minimum absolute atomic E-state index is 0. The van der Waals surface area contributed by atoms with E-state index < -0.39 is 0 Å². The molecule has 1 aliphatic carbocycles. The number of aryl methyl sites for hydroxylation is 1. The summed E-state index contributed by atoms with van der Waals surface area (Å²) in [4.78, 5) is 0. The van der Waals surface area contributed by atoms with E-state index in [0.29, 0.717) is 0 Å². The zero-order chi connectivity index (χ0) is 11.5. The molecule has 0 atom stereocenters. The summed E-state index contributed by atoms with van der Waals surface area (Å²) in [6.07, 6.45) is 5.37. The van der Waals surface area contributed by atoms with Crippen LogP contribution in [0.2, 0.25) is 5.02 Å². The predicted molar refractivity (Wildman–Crippen MR) is 77.1 cm³/mol. The molecule has 1 saturated carbocycles. The van der Waals surface area contributed by atoms with Crippen LogP contribution in [0.1, 0.15) is 36.8 Å². The van der Waals surface area contributed by atoms with Gasteiger partial charge >= 0.3 is 18.9 Å². The van der Waals surface area contributed by atoms with E-state index in [1.165, 1.54) is 39.8 Å². The van der Waals surface area contributed by atoms with E-state index in [1.807, 2.05) is 12.1 Å². The molecule has 0 aromatic heterocycles. The van der Waals surface area contributed by atoms with Crippen molar-refractivity contribution in [3.8, 4) is 0 Å². The van der Waals surface area contributed by atoms with Crippen molar-refractivity contribution in [2.75, 3.05) is 0 Å². The van der Waals surface area contributed by atoms with E-state index in [1.54, 1.807) is 0 Å². The van der Waals surface area contributed by atoms with Crippen molar-refractivity contribution in [1.82, 2.24) is 0 Å². The van der Waals surface area contributed by atoms with Gasteiger partial charge in [-0.3, -0.25) is 0 Å². The monoisotopic (exact) mass is 276 g/mol. The standard InChI is InChI=1S/C13H15ClPS.Li/c1-9-5-4-8-11(14)12(9)13(16)15-10-6-2-3-7-10;/h4-5,8,10H,2-3,6-7H2,1H3;/q-1;+1. The Bertz CT molecular complexity index is 382. The third-order valence-electron chi connectivity index (χ3n) is 3.06. The Hall–Kier alpha value is 0.627. The Morgan fingerprint density at radius 2 is 2.00 bits per heavy atom. The molecule has 0 bridgehead atoms. The maximum atomic E-state index is 6.22. The Kier molecular flexibility index (Phi) is 6.71. The van der Waals surface area contributed by atoms with Crippen molar-refractivity contribution in [3.05, 3.63) is 34.3 Å². The average molecular weight is 277 g/mol. The van der Waals surface area contributed by atoms with Crippen LogP contribution in [0.3, 0.4) is 0 Å². The maximum Gasteiger partial charge on any atom is 1.00 e. The Morgan fingerprint density at radius 1 is 1.35 bits per heavy atom. The predicted octanol–water partition coefficient (Wildman–Crippen LogP) is 2.22. The summed E-state index contributed by atoms with van der Waals surface area (Å²) in [6.45, 7) is 2.08. The fraction of sp³-hybridized carbons (Fsp3) is 0.462. The van der Waals surface area contributed by atoms with Crippen LogP contribution < -0.4 is 18.9 Å². The first-order chi connectivity index (χ1) is 7.68. The molecule has 2 rings (SSSR count). The van der Waals surface area contributed by atoms with Crippen molar-refractivity contribution in [3.63, 3.8) is 0 Å². The largest absolute Gasteiger partial charge is 1.00 e. The van der Waals surface area contributed by atoms with E-state index in [-0.39, 0.29) is 18.9 Å². The van der Waals surface area contributed by atoms with Gasteiger partial charge in [0.2, 0.25) is 0 Å². The number of hydrogen-bond donors (Lipinski definition) is 0. The molecule has 0 saturated heterocycles. The van der Waals surface area contributed by atoms with Gasteiger partial charge in [0.15, 0.2) is 0 Å². The van der Waals surface area contributed by atoms with Crippen molar-refractivity contribution in [1.29, 1.82) is 0 Å². The molecular weight excluding hydrogens is 262 g/mol. The Morgan fingerprint density at radius 3 is 2.59 bits per heavy atom. The summed E-state index contributed by atoms with van der Waals surface area (Å²) in [5.41, 5.74) is 3.05. The SMILES string of the molecule is Cc1cccc(Cl)c1C(=S)[P-]C1CCCC1.[Li+]. The van der Waals surface area contributed by atoms with E-state index in [9.17, 15) is 0 Å². The molecule has 1 aliphatic rings. The summed E-state index contributed by atoms with van der Waals surface area (Å²) in [5, 5.41) is 0.801. The molecule has 4 heteroatoms. The number of thiocarbonyl (C=S) groups is 1. The molecule has 0 unspecified atom stereocenters. The molecule has 1 fully saturated rings. The molecule has 86 valence electrons. The van der Waals surface area contributed by atoms with Crippen molar-refractivity contribution < 1.29 is 18.9 Å². The van der Waals surface area contributed by atoms with E-state index in [2.05, 4.69) is 13.0 Å². The van der Waals surface area contributed by atoms with Crippen molar-refractivity contribution >= 4 is 37.0 Å². The average Bonchev–Trinajstić information content (AvgIpc) is 2.70. The normalized spacial score (nSPS) is 16.4. The third-order valence-corrected chi connectivity index (χ3v) is 5.24. The number of benzene rings is 1. The maximum absolute atomic E-state index is 6.22. The molecule has 17 heavy (non-hydrogen) atoms. The second-order valence-corrected chi connectivity index (χ2v) is 6.86. The van der Waals surface area contributed by atoms with Gasteiger partial charge in [0.25, 0.3) is 0 Å². The smallest absolute Gasteiger partial charge is 0.490 e. The van der Waals surface area contributed by atoms with Crippen molar-refractivity contribution in [2.24, 2.45) is 0 Å². The molecule has 0 N–H and O–H groups in total. The minimum Gasteiger partial charge on any atom is -0.490 e. The molecule has 0 amide bonds. The first-order valence-corrected chi connectivity index (χ1v) is 7.44. The van der Waals surface area contributed by atoms with Crippen LogP contribution in [0.5, 0.6) is 0 Å². The fourth-order valence-corrected chi connectivity index (χ4v) is 4.70. The van der Waals surface area contributed by atoms with Crippen LogP contribution in [0.4, 0.5) is 0 Å². The molecule has 0 aliphatic heterocycles. The zero-order valence-corrected chi connectivity index (χ0v) is 12.8. The van der Waals surface area contributed by atoms with Gasteiger partial charge in [0.1, 0.15) is 0 Å². The third kappa shape index (κ3) is 4.05. The van der Waals surface area contributed by atoms with Crippen LogP contribution in [-0.2, 0) is 0 Å². The second-order valence-electron chi connectivity index (χ2n) is 4.30. The van der Waals surface area contributed by atoms with Crippen LogP contribution >= 0.6 is 32.4 Å². The molecular formula is C13H15ClLiPS. The van der Waals surface area contributed by atoms with Gasteiger partial charge < -0.3 is 8.58 Å². The summed E-state index contributed by atoms with van der Waals surface area (Å²) in [7, 11) is 1.31. The number of halogens is 1. The fourth-order valence-electron chi connectivity index (χ4n) is 2.17. The topological polar surface area (TPSA) is 0 Å². The van der Waals surface area contributed by atoms with Gasteiger partial charge in [0.05, 0.1) is 0 Å². The molecule has 0 nitrogen and oxygen atoms in total. The summed E-state index contributed by atoms with van der Waals surface area (Å²) < 4.78 is 1.02. The molecule has 0 radical (unpaired) electrons. The van der Waals surface area contributed by atoms with Gasteiger partial charge in [-0.05, 0) is 24.1 Å². The van der Waals surface area contributed by atoms with Crippen LogP contribution in [0.15, 0.2) is 18.2 Å². The van der Waals surface area contributed by atoms with Gasteiger partial charge in [-0.1, -0.05) is 49.4 Å². The molecule has 1 aromatic rings. The summed E-state index contributed by atoms with van der Waals surface area (Å²) in [6, 6.07) is 5.99. The number of hydrogen-bond acceptors (Lipinski definition) is 1. The van der Waals surface area contributed by atoms with E-state index in [4.69, 9.17) is 23.8 Å². The quantitative estimate of drug-likeness (QED) is 0.463. The zero-order valence-electron chi connectivity index (χ0n) is 10.4. The van der Waals surface area contributed by atoms with Gasteiger partial charge in [-0.2, -0.15) is 5.66 Å². The van der Waals surface area contributed by atoms with Gasteiger partial charge in [-0.15, -0.1) is 16.8 Å². The first kappa shape index (κ1) is 15.7. The van der Waals surface area contributed by atoms with Gasteiger partial charge in [0, 0.05) is 5.02 Å². The molecule has 0 spiro atoms. The second kappa shape index (κ2) is 7.27. The first-order valence-electron chi connectivity index (χ1n) is 5.69. The van der Waals surface area contributed by atoms with Crippen LogP contribution in [-0.4, -0.2) is 10.3 Å². The van der Waals surface area contributed by atoms with E-state index >= 15 is 0 Å². The van der Waals surface area contributed by atoms with Crippen LogP contribution in [0, 0.1) is 6.92 Å². The Labute approximate surface area is 128 Å². The van der Waals surface area contributed by atoms with E-state index in [0.717, 1.165) is 20.9 Å². The van der Waals surface area contributed by atoms with Crippen LogP contribution in [0.25, 0.3) is 0 Å². The summed E-state index contributed by atoms with van der Waals surface area (Å²) in [5.74, 6) is 0. The molecule has 1 aromatic carbocycles. The molecule has 0 heterocycles. The van der Waals surface area contributed by atoms with Gasteiger partial charge in [-0.25, -0.2) is 0 Å². The summed E-state index contributed by atoms with van der Waals surface area (Å²) >= 11 is 11.8. The number of rotatable bonds is 3.